The molecular weight excluding hydrogens is 233 g/mol. The van der Waals surface area contributed by atoms with Crippen molar-refractivity contribution in [2.75, 3.05) is 6.61 Å². The zero-order valence-electron chi connectivity index (χ0n) is 10.2. The van der Waals surface area contributed by atoms with Crippen LogP contribution in [0.1, 0.15) is 36.0 Å². The minimum atomic E-state index is -0.508. The van der Waals surface area contributed by atoms with E-state index in [0.717, 1.165) is 25.7 Å². The number of aliphatic hydroxyl groups excluding tert-OH is 1. The van der Waals surface area contributed by atoms with Crippen molar-refractivity contribution in [2.45, 2.75) is 31.7 Å². The van der Waals surface area contributed by atoms with Crippen LogP contribution in [0.25, 0.3) is 0 Å². The summed E-state index contributed by atoms with van der Waals surface area (Å²) in [5.41, 5.74) is 0.0692. The number of amides is 1. The van der Waals surface area contributed by atoms with Gasteiger partial charge in [0.1, 0.15) is 5.82 Å². The summed E-state index contributed by atoms with van der Waals surface area (Å²) in [4.78, 5) is 12.0. The third-order valence-corrected chi connectivity index (χ3v) is 3.58. The Labute approximate surface area is 106 Å². The molecule has 0 heterocycles. The summed E-state index contributed by atoms with van der Waals surface area (Å²) >= 11 is 0. The average molecular weight is 251 g/mol. The quantitative estimate of drug-likeness (QED) is 0.864. The molecule has 2 N–H and O–H groups in total. The van der Waals surface area contributed by atoms with Gasteiger partial charge in [-0.15, -0.1) is 0 Å². The minimum Gasteiger partial charge on any atom is -0.396 e. The van der Waals surface area contributed by atoms with Crippen LogP contribution in [0.4, 0.5) is 4.39 Å². The van der Waals surface area contributed by atoms with Gasteiger partial charge in [-0.1, -0.05) is 25.0 Å². The third kappa shape index (κ3) is 2.88. The highest BCUT2D eigenvalue weighted by atomic mass is 19.1. The summed E-state index contributed by atoms with van der Waals surface area (Å²) in [5, 5.41) is 12.1. The molecule has 0 radical (unpaired) electrons. The molecule has 18 heavy (non-hydrogen) atoms. The molecule has 1 aromatic rings. The Morgan fingerprint density at radius 3 is 2.78 bits per heavy atom. The molecule has 1 aliphatic carbocycles. The largest absolute Gasteiger partial charge is 0.396 e. The lowest BCUT2D eigenvalue weighted by Crippen LogP contribution is -2.43. The van der Waals surface area contributed by atoms with Gasteiger partial charge in [0.25, 0.3) is 5.91 Å². The first kappa shape index (κ1) is 13.0. The summed E-state index contributed by atoms with van der Waals surface area (Å²) in [6, 6.07) is 5.91. The van der Waals surface area contributed by atoms with Gasteiger partial charge < -0.3 is 10.4 Å². The molecule has 2 atom stereocenters. The molecule has 1 saturated carbocycles. The first-order chi connectivity index (χ1) is 8.72. The van der Waals surface area contributed by atoms with Crippen molar-refractivity contribution in [1.29, 1.82) is 0 Å². The van der Waals surface area contributed by atoms with E-state index >= 15 is 0 Å². The van der Waals surface area contributed by atoms with Crippen molar-refractivity contribution in [1.82, 2.24) is 5.32 Å². The van der Waals surface area contributed by atoms with Gasteiger partial charge in [-0.3, -0.25) is 4.79 Å². The highest BCUT2D eigenvalue weighted by Crippen LogP contribution is 2.24. The molecule has 1 fully saturated rings. The van der Waals surface area contributed by atoms with Crippen LogP contribution in [-0.2, 0) is 0 Å². The van der Waals surface area contributed by atoms with Crippen LogP contribution in [-0.4, -0.2) is 23.7 Å². The van der Waals surface area contributed by atoms with E-state index in [9.17, 15) is 14.3 Å². The lowest BCUT2D eigenvalue weighted by molar-refractivity contribution is 0.0868. The molecule has 0 aromatic heterocycles. The van der Waals surface area contributed by atoms with Crippen LogP contribution in [0.3, 0.4) is 0 Å². The SMILES string of the molecule is O=C(NC1CCCCC1CO)c1ccccc1F. The zero-order valence-corrected chi connectivity index (χ0v) is 10.2. The van der Waals surface area contributed by atoms with E-state index in [1.165, 1.54) is 12.1 Å². The summed E-state index contributed by atoms with van der Waals surface area (Å²) < 4.78 is 13.5. The van der Waals surface area contributed by atoms with Gasteiger partial charge in [0, 0.05) is 18.6 Å². The zero-order chi connectivity index (χ0) is 13.0. The second-order valence-electron chi connectivity index (χ2n) is 4.79. The Kier molecular flexibility index (Phi) is 4.31. The number of halogens is 1. The third-order valence-electron chi connectivity index (χ3n) is 3.58. The smallest absolute Gasteiger partial charge is 0.254 e. The lowest BCUT2D eigenvalue weighted by atomic mass is 9.85. The van der Waals surface area contributed by atoms with Gasteiger partial charge in [0.2, 0.25) is 0 Å². The second kappa shape index (κ2) is 5.96. The summed E-state index contributed by atoms with van der Waals surface area (Å²) in [7, 11) is 0. The lowest BCUT2D eigenvalue weighted by Gasteiger charge is -2.30. The van der Waals surface area contributed by atoms with Crippen LogP contribution >= 0.6 is 0 Å². The molecule has 4 heteroatoms. The molecule has 1 aromatic carbocycles. The monoisotopic (exact) mass is 251 g/mol. The van der Waals surface area contributed by atoms with E-state index in [2.05, 4.69) is 5.32 Å². The predicted molar refractivity (Wildman–Crippen MR) is 66.7 cm³/mol. The van der Waals surface area contributed by atoms with Crippen molar-refractivity contribution >= 4 is 5.91 Å². The minimum absolute atomic E-state index is 0.0455. The summed E-state index contributed by atoms with van der Waals surface area (Å²) in [6.45, 7) is 0.0716. The fourth-order valence-corrected chi connectivity index (χ4v) is 2.51. The maximum absolute atomic E-state index is 13.5. The molecular formula is C14H18FNO2. The van der Waals surface area contributed by atoms with Gasteiger partial charge in [-0.2, -0.15) is 0 Å². The fourth-order valence-electron chi connectivity index (χ4n) is 2.51. The topological polar surface area (TPSA) is 49.3 Å². The Hall–Kier alpha value is -1.42. The van der Waals surface area contributed by atoms with Crippen molar-refractivity contribution in [3.8, 4) is 0 Å². The Morgan fingerprint density at radius 1 is 1.33 bits per heavy atom. The number of nitrogens with one attached hydrogen (secondary N) is 1. The van der Waals surface area contributed by atoms with Crippen LogP contribution in [0.5, 0.6) is 0 Å². The fraction of sp³-hybridized carbons (Fsp3) is 0.500. The number of hydrogen-bond donors (Lipinski definition) is 2. The molecule has 2 rings (SSSR count). The Morgan fingerprint density at radius 2 is 2.06 bits per heavy atom. The van der Waals surface area contributed by atoms with E-state index in [4.69, 9.17) is 0 Å². The number of carbonyl (C=O) groups excluding carboxylic acids is 1. The molecule has 98 valence electrons. The number of aliphatic hydroxyl groups is 1. The molecule has 0 saturated heterocycles. The van der Waals surface area contributed by atoms with Crippen LogP contribution in [0, 0.1) is 11.7 Å². The molecule has 0 aliphatic heterocycles. The Balaban J connectivity index is 2.04. The molecule has 3 nitrogen and oxygen atoms in total. The van der Waals surface area contributed by atoms with Crippen molar-refractivity contribution < 1.29 is 14.3 Å². The van der Waals surface area contributed by atoms with Crippen molar-refractivity contribution in [3.05, 3.63) is 35.6 Å². The first-order valence-corrected chi connectivity index (χ1v) is 6.38. The van der Waals surface area contributed by atoms with Crippen molar-refractivity contribution in [2.24, 2.45) is 5.92 Å². The van der Waals surface area contributed by atoms with Crippen LogP contribution < -0.4 is 5.32 Å². The van der Waals surface area contributed by atoms with Gasteiger partial charge in [-0.05, 0) is 25.0 Å². The van der Waals surface area contributed by atoms with E-state index < -0.39 is 11.7 Å². The number of carbonyl (C=O) groups is 1. The highest BCUT2D eigenvalue weighted by molar-refractivity contribution is 5.94. The van der Waals surface area contributed by atoms with E-state index in [1.807, 2.05) is 0 Å². The van der Waals surface area contributed by atoms with E-state index in [0.29, 0.717) is 0 Å². The highest BCUT2D eigenvalue weighted by Gasteiger charge is 2.26. The second-order valence-corrected chi connectivity index (χ2v) is 4.79. The van der Waals surface area contributed by atoms with Gasteiger partial charge in [0.05, 0.1) is 5.56 Å². The van der Waals surface area contributed by atoms with Gasteiger partial charge >= 0.3 is 0 Å². The number of hydrogen-bond acceptors (Lipinski definition) is 2. The van der Waals surface area contributed by atoms with Crippen LogP contribution in [0.2, 0.25) is 0 Å². The van der Waals surface area contributed by atoms with Crippen LogP contribution in [0.15, 0.2) is 24.3 Å². The normalized spacial score (nSPS) is 23.7. The van der Waals surface area contributed by atoms with E-state index in [1.54, 1.807) is 12.1 Å². The van der Waals surface area contributed by atoms with Crippen molar-refractivity contribution in [3.63, 3.8) is 0 Å². The molecule has 1 amide bonds. The number of rotatable bonds is 3. The molecule has 2 unspecified atom stereocenters. The summed E-state index contributed by atoms with van der Waals surface area (Å²) in [5.74, 6) is -0.806. The molecule has 1 aliphatic rings. The predicted octanol–water partition coefficient (Wildman–Crippen LogP) is 2.11. The average Bonchev–Trinajstić information content (AvgIpc) is 2.39. The van der Waals surface area contributed by atoms with Gasteiger partial charge in [-0.25, -0.2) is 4.39 Å². The van der Waals surface area contributed by atoms with E-state index in [-0.39, 0.29) is 24.1 Å². The summed E-state index contributed by atoms with van der Waals surface area (Å²) in [6.07, 6.45) is 3.89. The molecule has 0 spiro atoms. The molecule has 0 bridgehead atoms. The van der Waals surface area contributed by atoms with Gasteiger partial charge in [0.15, 0.2) is 0 Å². The maximum Gasteiger partial charge on any atom is 0.254 e. The number of benzene rings is 1. The standard InChI is InChI=1S/C14H18FNO2/c15-12-7-3-2-6-11(12)14(18)16-13-8-4-1-5-10(13)9-17/h2-3,6-7,10,13,17H,1,4-5,8-9H2,(H,16,18). The first-order valence-electron chi connectivity index (χ1n) is 6.38. The Bertz CT molecular complexity index is 422. The maximum atomic E-state index is 13.5.